The van der Waals surface area contributed by atoms with Gasteiger partial charge in [-0.05, 0) is 75.2 Å². The Morgan fingerprint density at radius 3 is 2.48 bits per heavy atom. The van der Waals surface area contributed by atoms with E-state index >= 15 is 0 Å². The van der Waals surface area contributed by atoms with Crippen molar-refractivity contribution in [3.63, 3.8) is 0 Å². The number of nitrogens with zero attached hydrogens (tertiary/aromatic N) is 2. The maximum Gasteiger partial charge on any atom is 0.119 e. The molecule has 4 rings (SSSR count). The van der Waals surface area contributed by atoms with Crippen LogP contribution in [0.2, 0.25) is 0 Å². The second-order valence-corrected chi connectivity index (χ2v) is 7.41. The van der Waals surface area contributed by atoms with Gasteiger partial charge in [-0.15, -0.1) is 0 Å². The molecule has 0 saturated carbocycles. The highest BCUT2D eigenvalue weighted by atomic mass is 16.5. The monoisotopic (exact) mass is 363 g/mol. The summed E-state index contributed by atoms with van der Waals surface area (Å²) in [5.41, 5.74) is 7.04. The van der Waals surface area contributed by atoms with Crippen molar-refractivity contribution in [3.8, 4) is 5.75 Å². The molecule has 2 heterocycles. The fourth-order valence-electron chi connectivity index (χ4n) is 3.85. The van der Waals surface area contributed by atoms with Gasteiger partial charge in [0.2, 0.25) is 0 Å². The zero-order valence-electron chi connectivity index (χ0n) is 16.1. The van der Waals surface area contributed by atoms with Gasteiger partial charge in [0.1, 0.15) is 5.75 Å². The van der Waals surface area contributed by atoms with E-state index < -0.39 is 0 Å². The van der Waals surface area contributed by atoms with Gasteiger partial charge < -0.3 is 9.64 Å². The van der Waals surface area contributed by atoms with Crippen molar-refractivity contribution in [2.45, 2.75) is 32.2 Å². The van der Waals surface area contributed by atoms with Gasteiger partial charge in [-0.1, -0.05) is 30.3 Å². The van der Waals surface area contributed by atoms with Crippen LogP contribution in [-0.2, 0) is 0 Å². The molecule has 1 fully saturated rings. The molecule has 1 saturated heterocycles. The topological polar surface area (TPSA) is 27.7 Å². The summed E-state index contributed by atoms with van der Waals surface area (Å²) in [4.78, 5) is 2.53. The van der Waals surface area contributed by atoms with Crippen molar-refractivity contribution in [3.05, 3.63) is 66.2 Å². The molecule has 27 heavy (non-hydrogen) atoms. The number of hydrogen-bond donors (Lipinski definition) is 1. The van der Waals surface area contributed by atoms with Gasteiger partial charge in [-0.25, -0.2) is 0 Å². The molecular formula is C23H29N3O. The Labute approximate surface area is 162 Å². The molecule has 2 aliphatic heterocycles. The first-order valence-electron chi connectivity index (χ1n) is 10.1. The van der Waals surface area contributed by atoms with E-state index in [1.54, 1.807) is 0 Å². The summed E-state index contributed by atoms with van der Waals surface area (Å²) in [6.07, 6.45) is 6.06. The number of nitrogens with one attached hydrogen (secondary N) is 1. The van der Waals surface area contributed by atoms with Crippen LogP contribution in [0.3, 0.4) is 0 Å². The number of hydrogen-bond acceptors (Lipinski definition) is 4. The van der Waals surface area contributed by atoms with Crippen LogP contribution in [-0.4, -0.2) is 37.2 Å². The lowest BCUT2D eigenvalue weighted by molar-refractivity contribution is 0.263. The van der Waals surface area contributed by atoms with Crippen molar-refractivity contribution in [1.82, 2.24) is 10.3 Å². The third-order valence-electron chi connectivity index (χ3n) is 5.34. The quantitative estimate of drug-likeness (QED) is 0.742. The number of ether oxygens (including phenoxy) is 1. The maximum absolute atomic E-state index is 5.92. The van der Waals surface area contributed by atoms with Crippen LogP contribution in [0.1, 0.15) is 31.7 Å². The van der Waals surface area contributed by atoms with Crippen molar-refractivity contribution in [2.75, 3.05) is 31.3 Å². The van der Waals surface area contributed by atoms with Crippen LogP contribution >= 0.6 is 0 Å². The van der Waals surface area contributed by atoms with E-state index in [4.69, 9.17) is 4.74 Å². The van der Waals surface area contributed by atoms with Crippen LogP contribution in [0.25, 0.3) is 5.70 Å². The summed E-state index contributed by atoms with van der Waals surface area (Å²) in [6.45, 7) is 6.66. The number of hydrazine groups is 1. The first kappa shape index (κ1) is 17.9. The van der Waals surface area contributed by atoms with Crippen molar-refractivity contribution in [1.29, 1.82) is 0 Å². The third kappa shape index (κ3) is 4.45. The summed E-state index contributed by atoms with van der Waals surface area (Å²) in [5, 5.41) is 2.19. The minimum absolute atomic E-state index is 0.299. The molecule has 0 aliphatic carbocycles. The molecule has 0 amide bonds. The highest BCUT2D eigenvalue weighted by molar-refractivity contribution is 5.71. The Bertz CT molecular complexity index is 751. The van der Waals surface area contributed by atoms with Crippen LogP contribution in [0.15, 0.2) is 60.7 Å². The summed E-state index contributed by atoms with van der Waals surface area (Å²) in [6, 6.07) is 19.1. The van der Waals surface area contributed by atoms with E-state index in [0.29, 0.717) is 6.04 Å². The molecule has 4 heteroatoms. The lowest BCUT2D eigenvalue weighted by atomic mass is 10.1. The minimum atomic E-state index is 0.299. The summed E-state index contributed by atoms with van der Waals surface area (Å²) < 4.78 is 5.92. The van der Waals surface area contributed by atoms with Gasteiger partial charge in [0.15, 0.2) is 0 Å². The second kappa shape index (κ2) is 8.49. The van der Waals surface area contributed by atoms with Crippen molar-refractivity contribution < 1.29 is 4.74 Å². The van der Waals surface area contributed by atoms with E-state index in [9.17, 15) is 0 Å². The van der Waals surface area contributed by atoms with Crippen molar-refractivity contribution in [2.24, 2.45) is 0 Å². The Morgan fingerprint density at radius 1 is 1.00 bits per heavy atom. The van der Waals surface area contributed by atoms with Gasteiger partial charge in [0.25, 0.3) is 0 Å². The molecule has 0 aromatic heterocycles. The summed E-state index contributed by atoms with van der Waals surface area (Å²) >= 11 is 0. The predicted molar refractivity (Wildman–Crippen MR) is 112 cm³/mol. The van der Waals surface area contributed by atoms with E-state index in [1.807, 2.05) is 6.07 Å². The van der Waals surface area contributed by atoms with E-state index in [1.165, 1.54) is 31.5 Å². The average Bonchev–Trinajstić information content (AvgIpc) is 3.36. The molecule has 2 aromatic rings. The Balaban J connectivity index is 1.29. The predicted octanol–water partition coefficient (Wildman–Crippen LogP) is 4.31. The fourth-order valence-corrected chi connectivity index (χ4v) is 3.85. The standard InChI is InChI=1S/C23H29N3O/c1-19-18-23(20-8-3-2-4-9-20)24-26(19)21-10-12-22(13-11-21)27-17-7-16-25-14-5-6-15-25/h2-4,8-13,18-19,24H,5-7,14-17H2,1H3. The smallest absolute Gasteiger partial charge is 0.119 e. The molecular weight excluding hydrogens is 334 g/mol. The fraction of sp³-hybridized carbons (Fsp3) is 0.391. The molecule has 1 unspecified atom stereocenters. The summed E-state index contributed by atoms with van der Waals surface area (Å²) in [7, 11) is 0. The summed E-state index contributed by atoms with van der Waals surface area (Å²) in [5.74, 6) is 0.947. The first-order chi connectivity index (χ1) is 13.3. The highest BCUT2D eigenvalue weighted by Gasteiger charge is 2.21. The van der Waals surface area contributed by atoms with Gasteiger partial charge in [0, 0.05) is 6.54 Å². The van der Waals surface area contributed by atoms with E-state index in [0.717, 1.165) is 36.7 Å². The molecule has 2 aliphatic rings. The Hall–Kier alpha value is -2.46. The number of rotatable bonds is 7. The normalized spacial score (nSPS) is 19.8. The largest absolute Gasteiger partial charge is 0.494 e. The maximum atomic E-state index is 5.92. The molecule has 1 N–H and O–H groups in total. The van der Waals surface area contributed by atoms with Gasteiger partial charge >= 0.3 is 0 Å². The van der Waals surface area contributed by atoms with E-state index in [-0.39, 0.29) is 0 Å². The van der Waals surface area contributed by atoms with Gasteiger partial charge in [-0.3, -0.25) is 10.4 Å². The molecule has 0 spiro atoms. The first-order valence-corrected chi connectivity index (χ1v) is 10.1. The van der Waals surface area contributed by atoms with Gasteiger partial charge in [-0.2, -0.15) is 0 Å². The highest BCUT2D eigenvalue weighted by Crippen LogP contribution is 2.27. The van der Waals surface area contributed by atoms with Crippen LogP contribution in [0.5, 0.6) is 5.75 Å². The average molecular weight is 364 g/mol. The zero-order chi connectivity index (χ0) is 18.5. The van der Waals surface area contributed by atoms with Crippen LogP contribution in [0, 0.1) is 0 Å². The lowest BCUT2D eigenvalue weighted by Crippen LogP contribution is -2.36. The van der Waals surface area contributed by atoms with Crippen molar-refractivity contribution >= 4 is 11.4 Å². The molecule has 4 nitrogen and oxygen atoms in total. The van der Waals surface area contributed by atoms with E-state index in [2.05, 4.69) is 76.9 Å². The lowest BCUT2D eigenvalue weighted by Gasteiger charge is -2.25. The Kier molecular flexibility index (Phi) is 5.64. The SMILES string of the molecule is CC1C=C(c2ccccc2)NN1c1ccc(OCCCN2CCCC2)cc1. The van der Waals surface area contributed by atoms with Crippen LogP contribution < -0.4 is 15.2 Å². The third-order valence-corrected chi connectivity index (χ3v) is 5.34. The molecule has 1 atom stereocenters. The molecule has 142 valence electrons. The number of anilines is 1. The molecule has 0 radical (unpaired) electrons. The molecule has 0 bridgehead atoms. The van der Waals surface area contributed by atoms with Gasteiger partial charge in [0.05, 0.1) is 24.0 Å². The Morgan fingerprint density at radius 2 is 1.74 bits per heavy atom. The molecule has 2 aromatic carbocycles. The number of benzene rings is 2. The number of likely N-dealkylation sites (tertiary alicyclic amines) is 1. The van der Waals surface area contributed by atoms with Crippen LogP contribution in [0.4, 0.5) is 5.69 Å². The zero-order valence-corrected chi connectivity index (χ0v) is 16.1. The minimum Gasteiger partial charge on any atom is -0.494 e. The second-order valence-electron chi connectivity index (χ2n) is 7.41.